The van der Waals surface area contributed by atoms with Crippen LogP contribution in [0.25, 0.3) is 22.7 Å². The van der Waals surface area contributed by atoms with Crippen molar-refractivity contribution in [2.24, 2.45) is 0 Å². The predicted octanol–water partition coefficient (Wildman–Crippen LogP) is -0.212. The average molecular weight is 273 g/mol. The van der Waals surface area contributed by atoms with Gasteiger partial charge in [0, 0.05) is 12.6 Å². The van der Waals surface area contributed by atoms with Gasteiger partial charge in [0.2, 0.25) is 5.56 Å². The summed E-state index contributed by atoms with van der Waals surface area (Å²) in [5.41, 5.74) is -0.406. The molecule has 102 valence electrons. The molecule has 0 aliphatic heterocycles. The van der Waals surface area contributed by atoms with E-state index < -0.39 is 11.2 Å². The number of aromatic amines is 3. The number of fused-ring (bicyclic) bond motifs is 1. The Kier molecular flexibility index (Phi) is 2.63. The van der Waals surface area contributed by atoms with Gasteiger partial charge in [-0.1, -0.05) is 6.07 Å². The molecule has 0 aromatic carbocycles. The van der Waals surface area contributed by atoms with E-state index in [9.17, 15) is 14.4 Å². The fourth-order valence-electron chi connectivity index (χ4n) is 2.05. The average Bonchev–Trinajstić information content (AvgIpc) is 2.84. The third-order valence-corrected chi connectivity index (χ3v) is 2.97. The summed E-state index contributed by atoms with van der Waals surface area (Å²) in [6.07, 6.45) is 0. The quantitative estimate of drug-likeness (QED) is 0.598. The first kappa shape index (κ1) is 12.2. The van der Waals surface area contributed by atoms with Gasteiger partial charge in [0.25, 0.3) is 5.56 Å². The minimum absolute atomic E-state index is 0.200. The highest BCUT2D eigenvalue weighted by Crippen LogP contribution is 2.14. The molecule has 0 atom stereocenters. The van der Waals surface area contributed by atoms with Crippen molar-refractivity contribution in [1.82, 2.24) is 24.5 Å². The van der Waals surface area contributed by atoms with Crippen LogP contribution >= 0.6 is 0 Å². The van der Waals surface area contributed by atoms with Crippen LogP contribution in [0.4, 0.5) is 0 Å². The minimum Gasteiger partial charge on any atom is -0.331 e. The van der Waals surface area contributed by atoms with E-state index in [1.54, 1.807) is 19.1 Å². The summed E-state index contributed by atoms with van der Waals surface area (Å²) in [6, 6.07) is 4.61. The van der Waals surface area contributed by atoms with E-state index in [-0.39, 0.29) is 16.7 Å². The highest BCUT2D eigenvalue weighted by atomic mass is 16.2. The van der Waals surface area contributed by atoms with Gasteiger partial charge in [0.15, 0.2) is 11.5 Å². The molecule has 0 saturated carbocycles. The largest absolute Gasteiger partial charge is 0.331 e. The molecule has 0 aliphatic carbocycles. The van der Waals surface area contributed by atoms with Crippen molar-refractivity contribution in [3.8, 4) is 11.5 Å². The van der Waals surface area contributed by atoms with E-state index in [1.807, 2.05) is 0 Å². The summed E-state index contributed by atoms with van der Waals surface area (Å²) in [6.45, 7) is 2.15. The molecule has 3 aromatic heterocycles. The highest BCUT2D eigenvalue weighted by Gasteiger charge is 2.13. The Morgan fingerprint density at radius 3 is 2.65 bits per heavy atom. The second-order valence-corrected chi connectivity index (χ2v) is 4.22. The predicted molar refractivity (Wildman–Crippen MR) is 72.7 cm³/mol. The van der Waals surface area contributed by atoms with Crippen LogP contribution in [-0.4, -0.2) is 24.5 Å². The van der Waals surface area contributed by atoms with Crippen LogP contribution in [-0.2, 0) is 6.54 Å². The van der Waals surface area contributed by atoms with Gasteiger partial charge in [0.1, 0.15) is 5.52 Å². The highest BCUT2D eigenvalue weighted by molar-refractivity contribution is 5.74. The van der Waals surface area contributed by atoms with Gasteiger partial charge in [-0.25, -0.2) is 9.78 Å². The molecule has 0 bridgehead atoms. The molecule has 0 unspecified atom stereocenters. The van der Waals surface area contributed by atoms with Gasteiger partial charge in [-0.3, -0.25) is 19.1 Å². The SMILES string of the molecule is CCn1c(=O)[nH]c(=O)c2[nH]c(-c3cccc(=O)[nH]3)nc21. The minimum atomic E-state index is -0.535. The first-order valence-corrected chi connectivity index (χ1v) is 6.02. The van der Waals surface area contributed by atoms with Gasteiger partial charge >= 0.3 is 5.69 Å². The number of hydrogen-bond donors (Lipinski definition) is 3. The number of pyridine rings is 1. The van der Waals surface area contributed by atoms with E-state index in [0.29, 0.717) is 18.1 Å². The molecule has 3 heterocycles. The third kappa shape index (κ3) is 1.78. The molecular weight excluding hydrogens is 262 g/mol. The lowest BCUT2D eigenvalue weighted by atomic mass is 10.3. The number of hydrogen-bond acceptors (Lipinski definition) is 4. The monoisotopic (exact) mass is 273 g/mol. The smallest absolute Gasteiger partial charge is 0.330 e. The molecular formula is C12H11N5O3. The molecule has 20 heavy (non-hydrogen) atoms. The van der Waals surface area contributed by atoms with Crippen LogP contribution in [0.1, 0.15) is 6.92 Å². The summed E-state index contributed by atoms with van der Waals surface area (Å²) in [5.74, 6) is 0.330. The van der Waals surface area contributed by atoms with Gasteiger partial charge in [0.05, 0.1) is 5.69 Å². The third-order valence-electron chi connectivity index (χ3n) is 2.97. The lowest BCUT2D eigenvalue weighted by Crippen LogP contribution is -2.29. The number of aromatic nitrogens is 5. The van der Waals surface area contributed by atoms with Crippen LogP contribution in [0.5, 0.6) is 0 Å². The molecule has 8 heteroatoms. The lowest BCUT2D eigenvalue weighted by molar-refractivity contribution is 0.720. The second-order valence-electron chi connectivity index (χ2n) is 4.22. The number of rotatable bonds is 2. The van der Waals surface area contributed by atoms with Crippen LogP contribution in [0.2, 0.25) is 0 Å². The number of imidazole rings is 1. The van der Waals surface area contributed by atoms with Gasteiger partial charge in [-0.2, -0.15) is 0 Å². The molecule has 0 amide bonds. The molecule has 0 spiro atoms. The zero-order valence-corrected chi connectivity index (χ0v) is 10.6. The molecule has 8 nitrogen and oxygen atoms in total. The Morgan fingerprint density at radius 2 is 1.95 bits per heavy atom. The maximum Gasteiger partial charge on any atom is 0.330 e. The molecule has 3 N–H and O–H groups in total. The summed E-state index contributed by atoms with van der Waals surface area (Å²) in [7, 11) is 0. The number of H-pyrrole nitrogens is 3. The normalized spacial score (nSPS) is 11.1. The molecule has 3 aromatic rings. The van der Waals surface area contributed by atoms with Crippen LogP contribution in [0, 0.1) is 0 Å². The zero-order chi connectivity index (χ0) is 14.3. The van der Waals surface area contributed by atoms with Crippen molar-refractivity contribution < 1.29 is 0 Å². The van der Waals surface area contributed by atoms with Crippen LogP contribution < -0.4 is 16.8 Å². The topological polar surface area (TPSA) is 116 Å². The Hall–Kier alpha value is -2.90. The van der Waals surface area contributed by atoms with E-state index in [1.165, 1.54) is 10.6 Å². The molecule has 3 rings (SSSR count). The van der Waals surface area contributed by atoms with Crippen molar-refractivity contribution in [2.45, 2.75) is 13.5 Å². The Balaban J connectivity index is 2.36. The van der Waals surface area contributed by atoms with E-state index in [2.05, 4.69) is 19.9 Å². The summed E-state index contributed by atoms with van der Waals surface area (Å²) < 4.78 is 1.35. The Morgan fingerprint density at radius 1 is 1.15 bits per heavy atom. The standard InChI is InChI=1S/C12H11N5O3/c1-2-17-10-8(11(19)16-12(17)20)14-9(15-10)6-4-3-5-7(18)13-6/h3-5H,2H2,1H3,(H,13,18)(H,14,15)(H,16,19,20). The van der Waals surface area contributed by atoms with Crippen molar-refractivity contribution in [3.63, 3.8) is 0 Å². The van der Waals surface area contributed by atoms with E-state index in [0.717, 1.165) is 0 Å². The van der Waals surface area contributed by atoms with Crippen LogP contribution in [0.15, 0.2) is 32.6 Å². The molecule has 0 aliphatic rings. The van der Waals surface area contributed by atoms with Crippen LogP contribution in [0.3, 0.4) is 0 Å². The van der Waals surface area contributed by atoms with E-state index in [4.69, 9.17) is 0 Å². The molecule has 0 saturated heterocycles. The van der Waals surface area contributed by atoms with Crippen molar-refractivity contribution >= 4 is 11.2 Å². The maximum atomic E-state index is 11.8. The van der Waals surface area contributed by atoms with E-state index >= 15 is 0 Å². The van der Waals surface area contributed by atoms with Gasteiger partial charge in [-0.05, 0) is 13.0 Å². The van der Waals surface area contributed by atoms with Crippen molar-refractivity contribution in [2.75, 3.05) is 0 Å². The van der Waals surface area contributed by atoms with Crippen molar-refractivity contribution in [3.05, 3.63) is 49.4 Å². The fraction of sp³-hybridized carbons (Fsp3) is 0.167. The first-order valence-electron chi connectivity index (χ1n) is 6.02. The van der Waals surface area contributed by atoms with Gasteiger partial charge < -0.3 is 9.97 Å². The second kappa shape index (κ2) is 4.34. The van der Waals surface area contributed by atoms with Crippen molar-refractivity contribution in [1.29, 1.82) is 0 Å². The Bertz CT molecular complexity index is 959. The first-order chi connectivity index (χ1) is 9.60. The maximum absolute atomic E-state index is 11.8. The summed E-state index contributed by atoms with van der Waals surface area (Å²) >= 11 is 0. The summed E-state index contributed by atoms with van der Waals surface area (Å²) in [4.78, 5) is 46.6. The number of nitrogens with one attached hydrogen (secondary N) is 3. The number of nitrogens with zero attached hydrogens (tertiary/aromatic N) is 2. The lowest BCUT2D eigenvalue weighted by Gasteiger charge is -1.99. The summed E-state index contributed by atoms with van der Waals surface area (Å²) in [5, 5.41) is 0. The fourth-order valence-corrected chi connectivity index (χ4v) is 2.05. The van der Waals surface area contributed by atoms with Gasteiger partial charge in [-0.15, -0.1) is 0 Å². The molecule has 0 fully saturated rings. The zero-order valence-electron chi connectivity index (χ0n) is 10.6. The molecule has 0 radical (unpaired) electrons. The Labute approximate surface area is 111 Å². The number of aryl methyl sites for hydroxylation is 1.